The Morgan fingerprint density at radius 2 is 1.82 bits per heavy atom. The summed E-state index contributed by atoms with van der Waals surface area (Å²) >= 11 is 5.21. The van der Waals surface area contributed by atoms with E-state index in [1.807, 2.05) is 18.2 Å². The van der Waals surface area contributed by atoms with E-state index in [-0.39, 0.29) is 5.91 Å². The molecule has 3 N–H and O–H groups in total. The van der Waals surface area contributed by atoms with Crippen molar-refractivity contribution < 1.29 is 4.79 Å². The van der Waals surface area contributed by atoms with Crippen LogP contribution in [0.2, 0.25) is 0 Å². The minimum Gasteiger partial charge on any atom is -0.359 e. The van der Waals surface area contributed by atoms with E-state index >= 15 is 0 Å². The van der Waals surface area contributed by atoms with Gasteiger partial charge in [0.1, 0.15) is 0 Å². The summed E-state index contributed by atoms with van der Waals surface area (Å²) in [5.41, 5.74) is 6.73. The summed E-state index contributed by atoms with van der Waals surface area (Å²) in [6.45, 7) is 0. The van der Waals surface area contributed by atoms with E-state index in [2.05, 4.69) is 28.3 Å². The van der Waals surface area contributed by atoms with Gasteiger partial charge in [-0.3, -0.25) is 15.6 Å². The molecule has 1 aromatic carbocycles. The Morgan fingerprint density at radius 1 is 1.09 bits per heavy atom. The molecule has 0 unspecified atom stereocenters. The van der Waals surface area contributed by atoms with E-state index < -0.39 is 0 Å². The van der Waals surface area contributed by atoms with Crippen molar-refractivity contribution in [1.82, 2.24) is 16.2 Å². The number of thiocarbonyl (C=S) groups is 1. The topological polar surface area (TPSA) is 53.2 Å². The van der Waals surface area contributed by atoms with Crippen molar-refractivity contribution in [3.05, 3.63) is 35.9 Å². The monoisotopic (exact) mass is 319 g/mol. The van der Waals surface area contributed by atoms with Crippen LogP contribution in [0.5, 0.6) is 0 Å². The fourth-order valence-corrected chi connectivity index (χ4v) is 2.97. The SMILES string of the molecule is O=C(CCCc1ccccc1)NNC(=S)NC1CCCCC1. The molecular weight excluding hydrogens is 294 g/mol. The third-order valence-corrected chi connectivity index (χ3v) is 4.19. The number of nitrogens with one attached hydrogen (secondary N) is 3. The molecule has 1 amide bonds. The quantitative estimate of drug-likeness (QED) is 0.577. The highest BCUT2D eigenvalue weighted by molar-refractivity contribution is 7.80. The van der Waals surface area contributed by atoms with Crippen molar-refractivity contribution in [1.29, 1.82) is 0 Å². The van der Waals surface area contributed by atoms with Gasteiger partial charge >= 0.3 is 0 Å². The summed E-state index contributed by atoms with van der Waals surface area (Å²) in [6.07, 6.45) is 8.39. The third-order valence-electron chi connectivity index (χ3n) is 3.97. The van der Waals surface area contributed by atoms with Crippen LogP contribution in [0.4, 0.5) is 0 Å². The van der Waals surface area contributed by atoms with Crippen LogP contribution in [0.1, 0.15) is 50.5 Å². The van der Waals surface area contributed by atoms with Crippen LogP contribution in [-0.2, 0) is 11.2 Å². The van der Waals surface area contributed by atoms with Gasteiger partial charge in [0.2, 0.25) is 5.91 Å². The molecule has 1 fully saturated rings. The number of amides is 1. The highest BCUT2D eigenvalue weighted by atomic mass is 32.1. The Bertz CT molecular complexity index is 472. The normalized spacial score (nSPS) is 15.1. The molecule has 0 heterocycles. The minimum absolute atomic E-state index is 0.0243. The Hall–Kier alpha value is -1.62. The standard InChI is InChI=1S/C17H25N3OS/c21-16(13-7-10-14-8-3-1-4-9-14)19-20-17(22)18-15-11-5-2-6-12-15/h1,3-4,8-9,15H,2,5-7,10-13H2,(H,19,21)(H2,18,20,22). The van der Waals surface area contributed by atoms with Gasteiger partial charge in [0, 0.05) is 12.5 Å². The molecule has 0 radical (unpaired) electrons. The first kappa shape index (κ1) is 16.7. The van der Waals surface area contributed by atoms with Gasteiger partial charge in [-0.2, -0.15) is 0 Å². The number of hydrogen-bond donors (Lipinski definition) is 3. The molecule has 1 aromatic rings. The van der Waals surface area contributed by atoms with Gasteiger partial charge in [-0.25, -0.2) is 0 Å². The van der Waals surface area contributed by atoms with Gasteiger partial charge in [-0.1, -0.05) is 49.6 Å². The summed E-state index contributed by atoms with van der Waals surface area (Å²) in [6, 6.07) is 10.7. The maximum Gasteiger partial charge on any atom is 0.238 e. The van der Waals surface area contributed by atoms with Crippen LogP contribution in [0, 0.1) is 0 Å². The van der Waals surface area contributed by atoms with Crippen LogP contribution >= 0.6 is 12.2 Å². The summed E-state index contributed by atoms with van der Waals surface area (Å²) < 4.78 is 0. The zero-order valence-electron chi connectivity index (χ0n) is 12.9. The molecule has 0 atom stereocenters. The first-order chi connectivity index (χ1) is 10.7. The van der Waals surface area contributed by atoms with Crippen molar-refractivity contribution in [2.75, 3.05) is 0 Å². The van der Waals surface area contributed by atoms with E-state index in [0.717, 1.165) is 25.7 Å². The number of benzene rings is 1. The molecule has 4 nitrogen and oxygen atoms in total. The summed E-state index contributed by atoms with van der Waals surface area (Å²) in [5, 5.41) is 3.78. The second-order valence-electron chi connectivity index (χ2n) is 5.82. The lowest BCUT2D eigenvalue weighted by molar-refractivity contribution is -0.121. The van der Waals surface area contributed by atoms with Crippen LogP contribution in [-0.4, -0.2) is 17.1 Å². The van der Waals surface area contributed by atoms with Crippen LogP contribution in [0.15, 0.2) is 30.3 Å². The number of hydrogen-bond acceptors (Lipinski definition) is 2. The Kier molecular flexibility index (Phi) is 7.16. The Balaban J connectivity index is 1.56. The van der Waals surface area contributed by atoms with E-state index in [1.54, 1.807) is 0 Å². The lowest BCUT2D eigenvalue weighted by atomic mass is 9.96. The van der Waals surface area contributed by atoms with Crippen molar-refractivity contribution in [3.63, 3.8) is 0 Å². The summed E-state index contributed by atoms with van der Waals surface area (Å²) in [5.74, 6) is -0.0243. The number of carbonyl (C=O) groups is 1. The van der Waals surface area contributed by atoms with E-state index in [1.165, 1.54) is 24.8 Å². The van der Waals surface area contributed by atoms with Crippen molar-refractivity contribution in [2.45, 2.75) is 57.4 Å². The first-order valence-electron chi connectivity index (χ1n) is 8.13. The minimum atomic E-state index is -0.0243. The Morgan fingerprint density at radius 3 is 2.55 bits per heavy atom. The van der Waals surface area contributed by atoms with Gasteiger partial charge < -0.3 is 5.32 Å². The molecule has 0 aromatic heterocycles. The van der Waals surface area contributed by atoms with Gasteiger partial charge in [0.05, 0.1) is 0 Å². The molecule has 5 heteroatoms. The van der Waals surface area contributed by atoms with Gasteiger partial charge in [0.25, 0.3) is 0 Å². The molecule has 0 bridgehead atoms. The fourth-order valence-electron chi connectivity index (χ4n) is 2.76. The van der Waals surface area contributed by atoms with E-state index in [9.17, 15) is 4.79 Å². The molecular formula is C17H25N3OS. The highest BCUT2D eigenvalue weighted by Gasteiger charge is 2.14. The smallest absolute Gasteiger partial charge is 0.238 e. The summed E-state index contributed by atoms with van der Waals surface area (Å²) in [7, 11) is 0. The average Bonchev–Trinajstić information content (AvgIpc) is 2.55. The van der Waals surface area contributed by atoms with Crippen LogP contribution < -0.4 is 16.2 Å². The molecule has 2 rings (SSSR count). The number of carbonyl (C=O) groups excluding carboxylic acids is 1. The van der Waals surface area contributed by atoms with Crippen molar-refractivity contribution in [3.8, 4) is 0 Å². The van der Waals surface area contributed by atoms with E-state index in [0.29, 0.717) is 17.6 Å². The Labute approximate surface area is 138 Å². The maximum absolute atomic E-state index is 11.8. The second-order valence-corrected chi connectivity index (χ2v) is 6.23. The molecule has 1 saturated carbocycles. The molecule has 0 aliphatic heterocycles. The summed E-state index contributed by atoms with van der Waals surface area (Å²) in [4.78, 5) is 11.8. The predicted octanol–water partition coefficient (Wildman–Crippen LogP) is 2.84. The van der Waals surface area contributed by atoms with Crippen LogP contribution in [0.25, 0.3) is 0 Å². The largest absolute Gasteiger partial charge is 0.359 e. The van der Waals surface area contributed by atoms with Gasteiger partial charge in [-0.15, -0.1) is 0 Å². The number of aryl methyl sites for hydroxylation is 1. The molecule has 120 valence electrons. The van der Waals surface area contributed by atoms with Gasteiger partial charge in [0.15, 0.2) is 5.11 Å². The van der Waals surface area contributed by atoms with Crippen molar-refractivity contribution >= 4 is 23.2 Å². The highest BCUT2D eigenvalue weighted by Crippen LogP contribution is 2.17. The van der Waals surface area contributed by atoms with Crippen molar-refractivity contribution in [2.24, 2.45) is 0 Å². The first-order valence-corrected chi connectivity index (χ1v) is 8.54. The number of hydrazine groups is 1. The zero-order valence-corrected chi connectivity index (χ0v) is 13.8. The molecule has 0 saturated heterocycles. The molecule has 1 aliphatic carbocycles. The average molecular weight is 319 g/mol. The van der Waals surface area contributed by atoms with Gasteiger partial charge in [-0.05, 0) is 43.5 Å². The lowest BCUT2D eigenvalue weighted by Gasteiger charge is -2.24. The zero-order chi connectivity index (χ0) is 15.6. The second kappa shape index (κ2) is 9.41. The molecule has 0 spiro atoms. The predicted molar refractivity (Wildman–Crippen MR) is 93.3 cm³/mol. The van der Waals surface area contributed by atoms with E-state index in [4.69, 9.17) is 12.2 Å². The lowest BCUT2D eigenvalue weighted by Crippen LogP contribution is -2.50. The maximum atomic E-state index is 11.8. The molecule has 1 aliphatic rings. The number of rotatable bonds is 5. The molecule has 22 heavy (non-hydrogen) atoms. The fraction of sp³-hybridized carbons (Fsp3) is 0.529. The third kappa shape index (κ3) is 6.43. The van der Waals surface area contributed by atoms with Crippen LogP contribution in [0.3, 0.4) is 0 Å².